The smallest absolute Gasteiger partial charge is 0.275 e. The van der Waals surface area contributed by atoms with E-state index < -0.39 is 0 Å². The number of fused-ring (bicyclic) bond motifs is 1. The van der Waals surface area contributed by atoms with Gasteiger partial charge in [0.25, 0.3) is 5.91 Å². The van der Waals surface area contributed by atoms with Crippen LogP contribution < -0.4 is 5.32 Å². The molecule has 1 aliphatic heterocycles. The van der Waals surface area contributed by atoms with Crippen LogP contribution in [0.2, 0.25) is 0 Å². The van der Waals surface area contributed by atoms with E-state index in [4.69, 9.17) is 0 Å². The van der Waals surface area contributed by atoms with Crippen molar-refractivity contribution in [3.05, 3.63) is 30.0 Å². The lowest BCUT2D eigenvalue weighted by atomic mass is 10.1. The second-order valence-corrected chi connectivity index (χ2v) is 5.63. The molecule has 0 bridgehead atoms. The van der Waals surface area contributed by atoms with Gasteiger partial charge in [0.1, 0.15) is 0 Å². The minimum atomic E-state index is 0.0577. The monoisotopic (exact) mass is 286 g/mol. The summed E-state index contributed by atoms with van der Waals surface area (Å²) in [7, 11) is 1.89. The summed E-state index contributed by atoms with van der Waals surface area (Å²) in [6.07, 6.45) is 1.99. The molecule has 1 saturated heterocycles. The largest absolute Gasteiger partial charge is 0.333 e. The van der Waals surface area contributed by atoms with Gasteiger partial charge < -0.3 is 10.2 Å². The van der Waals surface area contributed by atoms with Crippen molar-refractivity contribution in [3.8, 4) is 0 Å². The molecule has 2 aromatic rings. The van der Waals surface area contributed by atoms with Crippen molar-refractivity contribution in [3.63, 3.8) is 0 Å². The fraction of sp³-hybridized carbons (Fsp3) is 0.500. The van der Waals surface area contributed by atoms with E-state index in [0.29, 0.717) is 11.7 Å². The molecule has 3 rings (SSSR count). The number of aromatic nitrogens is 2. The van der Waals surface area contributed by atoms with E-state index in [9.17, 15) is 4.79 Å². The van der Waals surface area contributed by atoms with Gasteiger partial charge in [-0.15, -0.1) is 0 Å². The van der Waals surface area contributed by atoms with Gasteiger partial charge in [-0.2, -0.15) is 5.10 Å². The number of benzene rings is 1. The molecule has 5 heteroatoms. The zero-order valence-electron chi connectivity index (χ0n) is 12.7. The molecule has 21 heavy (non-hydrogen) atoms. The highest BCUT2D eigenvalue weighted by molar-refractivity contribution is 6.05. The Morgan fingerprint density at radius 3 is 3.00 bits per heavy atom. The molecule has 2 heterocycles. The Kier molecular flexibility index (Phi) is 3.92. The first-order valence-corrected chi connectivity index (χ1v) is 7.65. The van der Waals surface area contributed by atoms with E-state index in [-0.39, 0.29) is 5.91 Å². The third-order valence-corrected chi connectivity index (χ3v) is 4.16. The highest BCUT2D eigenvalue weighted by atomic mass is 16.2. The van der Waals surface area contributed by atoms with Gasteiger partial charge >= 0.3 is 0 Å². The van der Waals surface area contributed by atoms with Crippen LogP contribution in [0.5, 0.6) is 0 Å². The van der Waals surface area contributed by atoms with Crippen molar-refractivity contribution >= 4 is 16.8 Å². The predicted molar refractivity (Wildman–Crippen MR) is 83.3 cm³/mol. The number of hydrogen-bond acceptors (Lipinski definition) is 3. The Morgan fingerprint density at radius 1 is 1.48 bits per heavy atom. The molecule has 1 aliphatic rings. The Morgan fingerprint density at radius 2 is 2.29 bits per heavy atom. The SMILES string of the molecule is CCCN(C(=O)c1nn(C)c2ccccc12)C1CCNC1. The molecule has 0 radical (unpaired) electrons. The average molecular weight is 286 g/mol. The third-order valence-electron chi connectivity index (χ3n) is 4.16. The molecular weight excluding hydrogens is 264 g/mol. The van der Waals surface area contributed by atoms with E-state index in [1.54, 1.807) is 4.68 Å². The first kappa shape index (κ1) is 14.1. The van der Waals surface area contributed by atoms with Gasteiger partial charge in [-0.05, 0) is 25.5 Å². The molecule has 1 fully saturated rings. The normalized spacial score (nSPS) is 18.3. The Hall–Kier alpha value is -1.88. The van der Waals surface area contributed by atoms with Gasteiger partial charge in [-0.1, -0.05) is 25.1 Å². The lowest BCUT2D eigenvalue weighted by molar-refractivity contribution is 0.0687. The standard InChI is InChI=1S/C16H22N4O/c1-3-10-20(12-8-9-17-11-12)16(21)15-13-6-4-5-7-14(13)19(2)18-15/h4-7,12,17H,3,8-11H2,1-2H3. The van der Waals surface area contributed by atoms with Gasteiger partial charge in [-0.3, -0.25) is 9.48 Å². The number of nitrogens with one attached hydrogen (secondary N) is 1. The summed E-state index contributed by atoms with van der Waals surface area (Å²) in [5.41, 5.74) is 1.58. The first-order valence-electron chi connectivity index (χ1n) is 7.65. The molecule has 112 valence electrons. The number of nitrogens with zero attached hydrogens (tertiary/aromatic N) is 3. The maximum absolute atomic E-state index is 13.0. The lowest BCUT2D eigenvalue weighted by Gasteiger charge is -2.27. The number of para-hydroxylation sites is 1. The molecule has 1 unspecified atom stereocenters. The van der Waals surface area contributed by atoms with Gasteiger partial charge in [0.15, 0.2) is 5.69 Å². The van der Waals surface area contributed by atoms with E-state index in [1.165, 1.54) is 0 Å². The van der Waals surface area contributed by atoms with Crippen molar-refractivity contribution in [1.82, 2.24) is 20.0 Å². The van der Waals surface area contributed by atoms with Crippen LogP contribution in [0.4, 0.5) is 0 Å². The van der Waals surface area contributed by atoms with Crippen LogP contribution in [0.3, 0.4) is 0 Å². The molecular formula is C16H22N4O. The summed E-state index contributed by atoms with van der Waals surface area (Å²) in [5.74, 6) is 0.0577. The molecule has 1 N–H and O–H groups in total. The van der Waals surface area contributed by atoms with Crippen LogP contribution in [-0.4, -0.2) is 46.3 Å². The summed E-state index contributed by atoms with van der Waals surface area (Å²) in [6.45, 7) is 4.77. The van der Waals surface area contributed by atoms with Crippen molar-refractivity contribution in [2.45, 2.75) is 25.8 Å². The van der Waals surface area contributed by atoms with E-state index >= 15 is 0 Å². The van der Waals surface area contributed by atoms with Crippen LogP contribution in [0, 0.1) is 0 Å². The molecule has 0 spiro atoms. The summed E-state index contributed by atoms with van der Waals surface area (Å²) in [5, 5.41) is 8.75. The summed E-state index contributed by atoms with van der Waals surface area (Å²) < 4.78 is 1.79. The van der Waals surface area contributed by atoms with Gasteiger partial charge in [0, 0.05) is 31.6 Å². The molecule has 1 aromatic carbocycles. The topological polar surface area (TPSA) is 50.2 Å². The minimum absolute atomic E-state index is 0.0577. The molecule has 5 nitrogen and oxygen atoms in total. The zero-order valence-corrected chi connectivity index (χ0v) is 12.7. The number of amides is 1. The van der Waals surface area contributed by atoms with Crippen LogP contribution >= 0.6 is 0 Å². The third kappa shape index (κ3) is 2.53. The Balaban J connectivity index is 1.97. The highest BCUT2D eigenvalue weighted by Gasteiger charge is 2.29. The van der Waals surface area contributed by atoms with Crippen molar-refractivity contribution < 1.29 is 4.79 Å². The zero-order chi connectivity index (χ0) is 14.8. The molecule has 0 saturated carbocycles. The Labute approximate surface area is 124 Å². The average Bonchev–Trinajstić information content (AvgIpc) is 3.13. The van der Waals surface area contributed by atoms with E-state index in [0.717, 1.165) is 43.4 Å². The van der Waals surface area contributed by atoms with E-state index in [2.05, 4.69) is 17.3 Å². The number of carbonyl (C=O) groups excluding carboxylic acids is 1. The van der Waals surface area contributed by atoms with Crippen molar-refractivity contribution in [1.29, 1.82) is 0 Å². The number of rotatable bonds is 4. The second kappa shape index (κ2) is 5.85. The summed E-state index contributed by atoms with van der Waals surface area (Å²) in [6, 6.07) is 8.20. The maximum Gasteiger partial charge on any atom is 0.275 e. The molecule has 1 aromatic heterocycles. The van der Waals surface area contributed by atoms with Crippen LogP contribution in [0.15, 0.2) is 24.3 Å². The fourth-order valence-electron chi connectivity index (χ4n) is 3.10. The lowest BCUT2D eigenvalue weighted by Crippen LogP contribution is -2.42. The highest BCUT2D eigenvalue weighted by Crippen LogP contribution is 2.21. The van der Waals surface area contributed by atoms with Crippen LogP contribution in [0.25, 0.3) is 10.9 Å². The summed E-state index contributed by atoms with van der Waals surface area (Å²) in [4.78, 5) is 15.0. The minimum Gasteiger partial charge on any atom is -0.333 e. The fourth-order valence-corrected chi connectivity index (χ4v) is 3.10. The van der Waals surface area contributed by atoms with Gasteiger partial charge in [0.2, 0.25) is 0 Å². The quantitative estimate of drug-likeness (QED) is 0.932. The van der Waals surface area contributed by atoms with Crippen LogP contribution in [-0.2, 0) is 7.05 Å². The molecule has 0 aliphatic carbocycles. The maximum atomic E-state index is 13.0. The number of aryl methyl sites for hydroxylation is 1. The molecule has 1 atom stereocenters. The second-order valence-electron chi connectivity index (χ2n) is 5.63. The van der Waals surface area contributed by atoms with Crippen LogP contribution in [0.1, 0.15) is 30.3 Å². The first-order chi connectivity index (χ1) is 10.2. The predicted octanol–water partition coefficient (Wildman–Crippen LogP) is 1.79. The van der Waals surface area contributed by atoms with Crippen molar-refractivity contribution in [2.75, 3.05) is 19.6 Å². The van der Waals surface area contributed by atoms with E-state index in [1.807, 2.05) is 36.2 Å². The summed E-state index contributed by atoms with van der Waals surface area (Å²) >= 11 is 0. The molecule has 1 amide bonds. The Bertz CT molecular complexity index is 643. The van der Waals surface area contributed by atoms with Gasteiger partial charge in [-0.25, -0.2) is 0 Å². The number of carbonyl (C=O) groups is 1. The number of hydrogen-bond donors (Lipinski definition) is 1. The van der Waals surface area contributed by atoms with Crippen molar-refractivity contribution in [2.24, 2.45) is 7.05 Å². The van der Waals surface area contributed by atoms with Gasteiger partial charge in [0.05, 0.1) is 5.52 Å².